The minimum absolute atomic E-state index is 0.593. The Kier molecular flexibility index (Phi) is 7.43. The summed E-state index contributed by atoms with van der Waals surface area (Å²) in [5, 5.41) is 1.94. The largest absolute Gasteiger partial charge is 0.456 e. The Bertz CT molecular complexity index is 2870. The third-order valence-corrected chi connectivity index (χ3v) is 9.91. The van der Waals surface area contributed by atoms with E-state index in [4.69, 9.17) is 13.8 Å². The van der Waals surface area contributed by atoms with Crippen LogP contribution in [0.5, 0.6) is 0 Å². The van der Waals surface area contributed by atoms with Crippen molar-refractivity contribution in [3.63, 3.8) is 0 Å². The van der Waals surface area contributed by atoms with Crippen molar-refractivity contribution in [1.82, 2.24) is 4.98 Å². The lowest BCUT2D eigenvalue weighted by Gasteiger charge is -2.26. The van der Waals surface area contributed by atoms with Gasteiger partial charge in [-0.1, -0.05) is 127 Å². The zero-order valence-corrected chi connectivity index (χ0v) is 28.7. The van der Waals surface area contributed by atoms with Crippen molar-refractivity contribution in [3.05, 3.63) is 194 Å². The molecule has 0 aliphatic rings. The van der Waals surface area contributed by atoms with Crippen LogP contribution in [0, 0.1) is 0 Å². The Morgan fingerprint density at radius 1 is 0.358 bits per heavy atom. The molecule has 0 N–H and O–H groups in total. The summed E-state index contributed by atoms with van der Waals surface area (Å²) in [6.45, 7) is 0. The predicted molar refractivity (Wildman–Crippen MR) is 218 cm³/mol. The van der Waals surface area contributed by atoms with Gasteiger partial charge in [0, 0.05) is 28.0 Å². The van der Waals surface area contributed by atoms with E-state index in [-0.39, 0.29) is 0 Å². The van der Waals surface area contributed by atoms with Crippen molar-refractivity contribution in [1.29, 1.82) is 0 Å². The molecule has 2 heterocycles. The SMILES string of the molecule is c1ccc(-c2nc3ccc4oc5cccc(-c6cccc(N(c7ccccc7)c7ccc(-c8ccccc8-c8ccccc8)cc7)c6)c5c4c3o2)cc1. The number of furan rings is 1. The minimum Gasteiger partial charge on any atom is -0.456 e. The van der Waals surface area contributed by atoms with E-state index in [2.05, 4.69) is 150 Å². The predicted octanol–water partition coefficient (Wildman–Crippen LogP) is 13.9. The Morgan fingerprint density at radius 3 is 1.64 bits per heavy atom. The average Bonchev–Trinajstić information content (AvgIpc) is 3.85. The number of rotatable bonds is 7. The molecule has 4 heteroatoms. The summed E-state index contributed by atoms with van der Waals surface area (Å²) in [4.78, 5) is 7.17. The van der Waals surface area contributed by atoms with Gasteiger partial charge in [-0.2, -0.15) is 0 Å². The van der Waals surface area contributed by atoms with Crippen LogP contribution in [0.1, 0.15) is 0 Å². The van der Waals surface area contributed by atoms with Gasteiger partial charge in [-0.25, -0.2) is 4.98 Å². The highest BCUT2D eigenvalue weighted by atomic mass is 16.4. The van der Waals surface area contributed by atoms with E-state index >= 15 is 0 Å². The summed E-state index contributed by atoms with van der Waals surface area (Å²) in [7, 11) is 0. The van der Waals surface area contributed by atoms with Gasteiger partial charge in [0.2, 0.25) is 5.89 Å². The standard InChI is InChI=1S/C49H32N2O2/c1-4-14-33(15-5-1)40-22-10-11-23-41(40)34-26-28-38(29-27-34)51(37-19-8-3-9-20-37)39-21-12-18-36(32-39)42-24-13-25-44-46(42)47-45(52-44)31-30-43-48(47)53-49(50-43)35-16-6-2-7-17-35/h1-32H. The van der Waals surface area contributed by atoms with E-state index in [0.717, 1.165) is 66.8 Å². The number of oxazole rings is 1. The van der Waals surface area contributed by atoms with Crippen LogP contribution in [0.25, 0.3) is 77.9 Å². The number of para-hydroxylation sites is 1. The number of nitrogens with zero attached hydrogens (tertiary/aromatic N) is 2. The summed E-state index contributed by atoms with van der Waals surface area (Å²) in [6, 6.07) is 67.5. The van der Waals surface area contributed by atoms with Crippen LogP contribution in [0.3, 0.4) is 0 Å². The van der Waals surface area contributed by atoms with Crippen molar-refractivity contribution in [2.45, 2.75) is 0 Å². The van der Waals surface area contributed by atoms with E-state index in [1.807, 2.05) is 48.5 Å². The number of hydrogen-bond acceptors (Lipinski definition) is 4. The fourth-order valence-electron chi connectivity index (χ4n) is 7.46. The third-order valence-electron chi connectivity index (χ3n) is 9.91. The van der Waals surface area contributed by atoms with Gasteiger partial charge in [-0.05, 0) is 100 Å². The highest BCUT2D eigenvalue weighted by molar-refractivity contribution is 6.21. The molecule has 0 aliphatic heterocycles. The average molecular weight is 681 g/mol. The quantitative estimate of drug-likeness (QED) is 0.168. The zero-order chi connectivity index (χ0) is 35.1. The van der Waals surface area contributed by atoms with Gasteiger partial charge < -0.3 is 13.7 Å². The van der Waals surface area contributed by atoms with E-state index in [9.17, 15) is 0 Å². The lowest BCUT2D eigenvalue weighted by Crippen LogP contribution is -2.09. The van der Waals surface area contributed by atoms with Gasteiger partial charge in [0.15, 0.2) is 5.58 Å². The van der Waals surface area contributed by atoms with Crippen LogP contribution in [-0.4, -0.2) is 4.98 Å². The molecule has 4 nitrogen and oxygen atoms in total. The molecule has 0 amide bonds. The highest BCUT2D eigenvalue weighted by Crippen LogP contribution is 2.43. The maximum absolute atomic E-state index is 6.50. The maximum atomic E-state index is 6.50. The van der Waals surface area contributed by atoms with Crippen LogP contribution >= 0.6 is 0 Å². The first-order chi connectivity index (χ1) is 26.3. The molecule has 0 aliphatic carbocycles. The van der Waals surface area contributed by atoms with Crippen molar-refractivity contribution in [3.8, 4) is 44.8 Å². The van der Waals surface area contributed by atoms with Crippen molar-refractivity contribution in [2.75, 3.05) is 4.90 Å². The third kappa shape index (κ3) is 5.45. The van der Waals surface area contributed by atoms with Gasteiger partial charge in [0.25, 0.3) is 0 Å². The molecule has 0 unspecified atom stereocenters. The first-order valence-electron chi connectivity index (χ1n) is 17.8. The van der Waals surface area contributed by atoms with Gasteiger partial charge in [0.05, 0.1) is 5.39 Å². The monoisotopic (exact) mass is 680 g/mol. The summed E-state index contributed by atoms with van der Waals surface area (Å²) in [5.41, 5.74) is 14.2. The van der Waals surface area contributed by atoms with E-state index in [1.54, 1.807) is 0 Å². The fraction of sp³-hybridized carbons (Fsp3) is 0. The van der Waals surface area contributed by atoms with Crippen LogP contribution in [0.4, 0.5) is 17.1 Å². The molecular weight excluding hydrogens is 649 g/mol. The topological polar surface area (TPSA) is 42.4 Å². The molecule has 0 saturated heterocycles. The molecule has 8 aromatic carbocycles. The smallest absolute Gasteiger partial charge is 0.227 e. The number of aromatic nitrogens is 1. The number of anilines is 3. The Morgan fingerprint density at radius 2 is 0.906 bits per heavy atom. The summed E-state index contributed by atoms with van der Waals surface area (Å²) in [5.74, 6) is 0.593. The zero-order valence-electron chi connectivity index (χ0n) is 28.7. The van der Waals surface area contributed by atoms with Crippen molar-refractivity contribution < 1.29 is 8.83 Å². The lowest BCUT2D eigenvalue weighted by atomic mass is 9.94. The van der Waals surface area contributed by atoms with Gasteiger partial charge >= 0.3 is 0 Å². The Balaban J connectivity index is 1.09. The molecule has 0 atom stereocenters. The number of benzene rings is 8. The van der Waals surface area contributed by atoms with Gasteiger partial charge in [-0.3, -0.25) is 0 Å². The summed E-state index contributed by atoms with van der Waals surface area (Å²) < 4.78 is 12.9. The number of hydrogen-bond donors (Lipinski definition) is 0. The highest BCUT2D eigenvalue weighted by Gasteiger charge is 2.20. The van der Waals surface area contributed by atoms with E-state index in [0.29, 0.717) is 5.89 Å². The van der Waals surface area contributed by atoms with Gasteiger partial charge in [0.1, 0.15) is 16.7 Å². The summed E-state index contributed by atoms with van der Waals surface area (Å²) in [6.07, 6.45) is 0. The minimum atomic E-state index is 0.593. The maximum Gasteiger partial charge on any atom is 0.227 e. The second-order valence-electron chi connectivity index (χ2n) is 13.1. The normalized spacial score (nSPS) is 11.4. The van der Waals surface area contributed by atoms with Crippen LogP contribution < -0.4 is 4.90 Å². The Hall–Kier alpha value is -7.17. The second kappa shape index (κ2) is 12.9. The molecular formula is C49H32N2O2. The second-order valence-corrected chi connectivity index (χ2v) is 13.1. The molecule has 0 radical (unpaired) electrons. The number of fused-ring (bicyclic) bond motifs is 5. The molecule has 10 rings (SSSR count). The molecule has 0 bridgehead atoms. The van der Waals surface area contributed by atoms with Crippen LogP contribution in [0.2, 0.25) is 0 Å². The lowest BCUT2D eigenvalue weighted by molar-refractivity contribution is 0.622. The van der Waals surface area contributed by atoms with Crippen molar-refractivity contribution in [2.24, 2.45) is 0 Å². The molecule has 0 fully saturated rings. The first kappa shape index (κ1) is 30.6. The molecule has 53 heavy (non-hydrogen) atoms. The van der Waals surface area contributed by atoms with E-state index in [1.165, 1.54) is 22.3 Å². The molecule has 2 aromatic heterocycles. The first-order valence-corrected chi connectivity index (χ1v) is 17.8. The molecule has 10 aromatic rings. The van der Waals surface area contributed by atoms with Gasteiger partial charge in [-0.15, -0.1) is 0 Å². The molecule has 0 spiro atoms. The van der Waals surface area contributed by atoms with Crippen molar-refractivity contribution >= 4 is 50.1 Å². The van der Waals surface area contributed by atoms with Crippen LogP contribution in [0.15, 0.2) is 203 Å². The Labute approximate surface area is 306 Å². The fourth-order valence-corrected chi connectivity index (χ4v) is 7.46. The van der Waals surface area contributed by atoms with E-state index < -0.39 is 0 Å². The summed E-state index contributed by atoms with van der Waals surface area (Å²) >= 11 is 0. The molecule has 0 saturated carbocycles. The molecule has 250 valence electrons. The van der Waals surface area contributed by atoms with Crippen LogP contribution in [-0.2, 0) is 0 Å².